The van der Waals surface area contributed by atoms with Crippen molar-refractivity contribution in [3.63, 3.8) is 0 Å². The van der Waals surface area contributed by atoms with Crippen molar-refractivity contribution in [3.8, 4) is 0 Å². The molecule has 1 atom stereocenters. The lowest BCUT2D eigenvalue weighted by Crippen LogP contribution is -2.15. The summed E-state index contributed by atoms with van der Waals surface area (Å²) in [6, 6.07) is 11.5. The lowest BCUT2D eigenvalue weighted by molar-refractivity contribution is 0.829. The molecule has 3 aromatic rings. The molecule has 2 aromatic heterocycles. The first kappa shape index (κ1) is 12.7. The molecule has 22 heavy (non-hydrogen) atoms. The Morgan fingerprint density at radius 1 is 0.818 bits per heavy atom. The fraction of sp³-hybridized carbons (Fsp3) is 0.0625. The third-order valence-electron chi connectivity index (χ3n) is 3.61. The van der Waals surface area contributed by atoms with Crippen LogP contribution >= 0.6 is 0 Å². The van der Waals surface area contributed by atoms with E-state index < -0.39 is 0 Å². The van der Waals surface area contributed by atoms with Crippen LogP contribution in [0.25, 0.3) is 0 Å². The molecule has 0 radical (unpaired) electrons. The van der Waals surface area contributed by atoms with Crippen LogP contribution in [-0.4, -0.2) is 15.0 Å². The van der Waals surface area contributed by atoms with Crippen molar-refractivity contribution in [2.75, 3.05) is 10.6 Å². The Bertz CT molecular complexity index is 818. The molecule has 1 aliphatic rings. The summed E-state index contributed by atoms with van der Waals surface area (Å²) in [4.78, 5) is 12.8. The summed E-state index contributed by atoms with van der Waals surface area (Å²) in [6.45, 7) is 0. The summed E-state index contributed by atoms with van der Waals surface area (Å²) < 4.78 is 0. The van der Waals surface area contributed by atoms with Crippen molar-refractivity contribution in [2.45, 2.75) is 6.04 Å². The van der Waals surface area contributed by atoms with Gasteiger partial charge in [0.1, 0.15) is 0 Å². The lowest BCUT2D eigenvalue weighted by Gasteiger charge is -2.22. The van der Waals surface area contributed by atoms with Gasteiger partial charge >= 0.3 is 0 Å². The van der Waals surface area contributed by atoms with Crippen molar-refractivity contribution < 1.29 is 0 Å². The van der Waals surface area contributed by atoms with Crippen molar-refractivity contribution in [2.24, 2.45) is 5.73 Å². The molecule has 0 aliphatic carbocycles. The fourth-order valence-corrected chi connectivity index (χ4v) is 2.47. The maximum absolute atomic E-state index is 6.31. The Morgan fingerprint density at radius 3 is 2.32 bits per heavy atom. The minimum absolute atomic E-state index is 0.267. The quantitative estimate of drug-likeness (QED) is 0.526. The van der Waals surface area contributed by atoms with E-state index in [0.29, 0.717) is 5.82 Å². The molecule has 1 unspecified atom stereocenters. The minimum Gasteiger partial charge on any atom is -0.335 e. The summed E-state index contributed by atoms with van der Waals surface area (Å²) in [7, 11) is 0. The molecule has 1 aromatic carbocycles. The van der Waals surface area contributed by atoms with E-state index in [0.717, 1.165) is 28.5 Å². The number of fused-ring (bicyclic) bond motifs is 2. The molecule has 0 amide bonds. The molecule has 3 heterocycles. The van der Waals surface area contributed by atoms with Crippen LogP contribution in [0, 0.1) is 0 Å². The van der Waals surface area contributed by atoms with Gasteiger partial charge in [-0.1, -0.05) is 12.1 Å². The maximum Gasteiger partial charge on any atom is 0.174 e. The Hall–Kier alpha value is -2.99. The minimum atomic E-state index is -0.267. The smallest absolute Gasteiger partial charge is 0.174 e. The van der Waals surface area contributed by atoms with Crippen LogP contribution in [0.1, 0.15) is 17.3 Å². The third kappa shape index (κ3) is 2.15. The summed E-state index contributed by atoms with van der Waals surface area (Å²) in [5.74, 6) is 1.43. The van der Waals surface area contributed by atoms with E-state index in [1.807, 2.05) is 36.4 Å². The van der Waals surface area contributed by atoms with Crippen molar-refractivity contribution in [1.82, 2.24) is 15.0 Å². The summed E-state index contributed by atoms with van der Waals surface area (Å²) in [5.41, 5.74) is 10.0. The van der Waals surface area contributed by atoms with Gasteiger partial charge in [0.15, 0.2) is 11.6 Å². The first-order valence-corrected chi connectivity index (χ1v) is 6.97. The molecule has 4 rings (SSSR count). The average molecular weight is 290 g/mol. The molecular weight excluding hydrogens is 276 g/mol. The number of benzene rings is 1. The first-order chi connectivity index (χ1) is 10.8. The van der Waals surface area contributed by atoms with Crippen molar-refractivity contribution >= 4 is 23.0 Å². The number of hydrogen-bond donors (Lipinski definition) is 3. The predicted octanol–water partition coefficient (Wildman–Crippen LogP) is 2.72. The van der Waals surface area contributed by atoms with E-state index in [1.165, 1.54) is 0 Å². The highest BCUT2D eigenvalue weighted by Gasteiger charge is 2.18. The van der Waals surface area contributed by atoms with E-state index in [4.69, 9.17) is 5.73 Å². The zero-order valence-electron chi connectivity index (χ0n) is 11.7. The Morgan fingerprint density at radius 2 is 1.59 bits per heavy atom. The predicted molar refractivity (Wildman–Crippen MR) is 85.3 cm³/mol. The molecule has 1 aliphatic heterocycles. The Kier molecular flexibility index (Phi) is 2.94. The molecule has 6 nitrogen and oxygen atoms in total. The Balaban J connectivity index is 1.69. The molecule has 0 fully saturated rings. The zero-order chi connectivity index (χ0) is 14.9. The molecule has 4 N–H and O–H groups in total. The van der Waals surface area contributed by atoms with E-state index in [-0.39, 0.29) is 6.04 Å². The highest BCUT2D eigenvalue weighted by molar-refractivity contribution is 5.86. The molecule has 0 bridgehead atoms. The van der Waals surface area contributed by atoms with Gasteiger partial charge in [-0.2, -0.15) is 0 Å². The average Bonchev–Trinajstić information content (AvgIpc) is 2.59. The summed E-state index contributed by atoms with van der Waals surface area (Å²) >= 11 is 0. The van der Waals surface area contributed by atoms with Gasteiger partial charge < -0.3 is 16.4 Å². The topological polar surface area (TPSA) is 88.8 Å². The SMILES string of the molecule is NC(c1ccc2c(c1)Nc1nccnc1N2)c1ccccn1. The summed E-state index contributed by atoms with van der Waals surface area (Å²) in [5, 5.41) is 6.53. The second-order valence-electron chi connectivity index (χ2n) is 5.04. The van der Waals surface area contributed by atoms with Gasteiger partial charge in [0, 0.05) is 18.6 Å². The standard InChI is InChI=1S/C16H14N6/c17-14(12-3-1-2-6-18-12)10-4-5-11-13(9-10)22-16-15(21-11)19-7-8-20-16/h1-9,14H,17H2,(H,19,21)(H,20,22). The normalized spacial score (nSPS) is 13.3. The maximum atomic E-state index is 6.31. The largest absolute Gasteiger partial charge is 0.335 e. The lowest BCUT2D eigenvalue weighted by atomic mass is 10.0. The number of rotatable bonds is 2. The van der Waals surface area contributed by atoms with E-state index in [2.05, 4.69) is 25.6 Å². The van der Waals surface area contributed by atoms with E-state index >= 15 is 0 Å². The van der Waals surface area contributed by atoms with Crippen LogP contribution < -0.4 is 16.4 Å². The van der Waals surface area contributed by atoms with Gasteiger partial charge in [0.25, 0.3) is 0 Å². The third-order valence-corrected chi connectivity index (χ3v) is 3.61. The Labute approximate surface area is 127 Å². The van der Waals surface area contributed by atoms with Crippen LogP contribution in [-0.2, 0) is 0 Å². The van der Waals surface area contributed by atoms with Gasteiger partial charge in [-0.25, -0.2) is 9.97 Å². The number of nitrogens with two attached hydrogens (primary N) is 1. The van der Waals surface area contributed by atoms with Crippen LogP contribution in [0.3, 0.4) is 0 Å². The molecule has 6 heteroatoms. The molecule has 0 saturated carbocycles. The highest BCUT2D eigenvalue weighted by Crippen LogP contribution is 2.37. The van der Waals surface area contributed by atoms with Gasteiger partial charge in [-0.3, -0.25) is 4.98 Å². The monoisotopic (exact) mass is 290 g/mol. The van der Waals surface area contributed by atoms with Gasteiger partial charge in [-0.15, -0.1) is 0 Å². The zero-order valence-corrected chi connectivity index (χ0v) is 11.7. The molecular formula is C16H14N6. The number of anilines is 4. The van der Waals surface area contributed by atoms with Crippen molar-refractivity contribution in [3.05, 3.63) is 66.2 Å². The number of nitrogens with one attached hydrogen (secondary N) is 2. The van der Waals surface area contributed by atoms with Gasteiger partial charge in [0.05, 0.1) is 23.1 Å². The molecule has 0 spiro atoms. The highest BCUT2D eigenvalue weighted by atomic mass is 15.1. The second-order valence-corrected chi connectivity index (χ2v) is 5.04. The molecule has 0 saturated heterocycles. The molecule has 108 valence electrons. The number of hydrogen-bond acceptors (Lipinski definition) is 6. The summed E-state index contributed by atoms with van der Waals surface area (Å²) in [6.07, 6.45) is 5.06. The fourth-order valence-electron chi connectivity index (χ4n) is 2.47. The van der Waals surface area contributed by atoms with Crippen LogP contribution in [0.15, 0.2) is 55.0 Å². The number of aromatic nitrogens is 3. The van der Waals surface area contributed by atoms with Gasteiger partial charge in [0.2, 0.25) is 0 Å². The van der Waals surface area contributed by atoms with E-state index in [1.54, 1.807) is 18.6 Å². The second kappa shape index (κ2) is 5.09. The van der Waals surface area contributed by atoms with E-state index in [9.17, 15) is 0 Å². The van der Waals surface area contributed by atoms with Crippen LogP contribution in [0.2, 0.25) is 0 Å². The van der Waals surface area contributed by atoms with Crippen LogP contribution in [0.5, 0.6) is 0 Å². The first-order valence-electron chi connectivity index (χ1n) is 6.97. The van der Waals surface area contributed by atoms with Crippen LogP contribution in [0.4, 0.5) is 23.0 Å². The number of nitrogens with zero attached hydrogens (tertiary/aromatic N) is 3. The number of pyridine rings is 1. The van der Waals surface area contributed by atoms with Gasteiger partial charge in [-0.05, 0) is 29.8 Å². The van der Waals surface area contributed by atoms with Crippen molar-refractivity contribution in [1.29, 1.82) is 0 Å².